The number of hydrogen-bond donors (Lipinski definition) is 1. The summed E-state index contributed by atoms with van der Waals surface area (Å²) in [5.74, 6) is 0.762. The zero-order valence-electron chi connectivity index (χ0n) is 12.1. The average Bonchev–Trinajstić information content (AvgIpc) is 2.49. The molecule has 3 rings (SSSR count). The van der Waals surface area contributed by atoms with Crippen LogP contribution in [0.5, 0.6) is 0 Å². The van der Waals surface area contributed by atoms with Crippen molar-refractivity contribution in [3.8, 4) is 0 Å². The monoisotopic (exact) mass is 258 g/mol. The number of nitrogens with zero attached hydrogens (tertiary/aromatic N) is 1. The van der Waals surface area contributed by atoms with Crippen molar-refractivity contribution in [1.82, 2.24) is 5.32 Å². The molecule has 0 aliphatic carbocycles. The summed E-state index contributed by atoms with van der Waals surface area (Å²) in [6, 6.07) is 7.10. The van der Waals surface area contributed by atoms with Crippen LogP contribution in [0, 0.1) is 6.92 Å². The van der Waals surface area contributed by atoms with Crippen LogP contribution in [0.1, 0.15) is 49.1 Å². The van der Waals surface area contributed by atoms with E-state index in [0.29, 0.717) is 0 Å². The normalized spacial score (nSPS) is 21.6. The van der Waals surface area contributed by atoms with E-state index in [0.717, 1.165) is 5.92 Å². The molecule has 2 nitrogen and oxygen atoms in total. The Morgan fingerprint density at radius 1 is 1.05 bits per heavy atom. The molecule has 19 heavy (non-hydrogen) atoms. The molecule has 1 aromatic carbocycles. The summed E-state index contributed by atoms with van der Waals surface area (Å²) in [5, 5.41) is 3.48. The number of anilines is 1. The summed E-state index contributed by atoms with van der Waals surface area (Å²) in [4.78, 5) is 2.63. The molecule has 0 radical (unpaired) electrons. The number of piperidine rings is 2. The minimum absolute atomic E-state index is 0.762. The van der Waals surface area contributed by atoms with Crippen molar-refractivity contribution in [3.63, 3.8) is 0 Å². The molecule has 0 atom stereocenters. The summed E-state index contributed by atoms with van der Waals surface area (Å²) < 4.78 is 0. The van der Waals surface area contributed by atoms with Gasteiger partial charge in [0.25, 0.3) is 0 Å². The lowest BCUT2D eigenvalue weighted by atomic mass is 9.87. The van der Waals surface area contributed by atoms with Crippen LogP contribution in [0.4, 0.5) is 5.69 Å². The van der Waals surface area contributed by atoms with Crippen molar-refractivity contribution in [1.29, 1.82) is 0 Å². The van der Waals surface area contributed by atoms with E-state index in [2.05, 4.69) is 35.3 Å². The lowest BCUT2D eigenvalue weighted by molar-refractivity contribution is 0.459. The molecule has 0 unspecified atom stereocenters. The van der Waals surface area contributed by atoms with Crippen LogP contribution in [-0.4, -0.2) is 26.2 Å². The Morgan fingerprint density at radius 3 is 2.53 bits per heavy atom. The minimum atomic E-state index is 0.762. The molecule has 2 aliphatic rings. The van der Waals surface area contributed by atoms with Gasteiger partial charge in [-0.2, -0.15) is 0 Å². The van der Waals surface area contributed by atoms with Gasteiger partial charge in [0, 0.05) is 18.8 Å². The van der Waals surface area contributed by atoms with Crippen LogP contribution >= 0.6 is 0 Å². The molecule has 0 aromatic heterocycles. The Kier molecular flexibility index (Phi) is 4.07. The van der Waals surface area contributed by atoms with Crippen LogP contribution in [0.3, 0.4) is 0 Å². The third-order valence-corrected chi connectivity index (χ3v) is 4.66. The topological polar surface area (TPSA) is 15.3 Å². The molecule has 0 saturated carbocycles. The fraction of sp³-hybridized carbons (Fsp3) is 0.647. The van der Waals surface area contributed by atoms with E-state index in [1.807, 2.05) is 0 Å². The van der Waals surface area contributed by atoms with E-state index in [1.165, 1.54) is 69.5 Å². The summed E-state index contributed by atoms with van der Waals surface area (Å²) in [5.41, 5.74) is 4.55. The molecular weight excluding hydrogens is 232 g/mol. The molecule has 1 N–H and O–H groups in total. The summed E-state index contributed by atoms with van der Waals surface area (Å²) in [7, 11) is 0. The van der Waals surface area contributed by atoms with Crippen LogP contribution in [-0.2, 0) is 0 Å². The quantitative estimate of drug-likeness (QED) is 0.874. The van der Waals surface area contributed by atoms with Crippen molar-refractivity contribution in [3.05, 3.63) is 29.3 Å². The molecule has 2 saturated heterocycles. The highest BCUT2D eigenvalue weighted by molar-refractivity contribution is 5.57. The van der Waals surface area contributed by atoms with Gasteiger partial charge in [-0.3, -0.25) is 0 Å². The fourth-order valence-electron chi connectivity index (χ4n) is 3.56. The highest BCUT2D eigenvalue weighted by Gasteiger charge is 2.21. The third kappa shape index (κ3) is 2.94. The van der Waals surface area contributed by atoms with Crippen molar-refractivity contribution < 1.29 is 0 Å². The summed E-state index contributed by atoms with van der Waals surface area (Å²) >= 11 is 0. The molecule has 2 heterocycles. The standard InChI is InChI=1S/C17H26N2/c1-14-5-6-17(19-11-3-2-4-12-19)16(13-14)15-7-9-18-10-8-15/h5-6,13,15,18H,2-4,7-12H2,1H3. The molecular formula is C17H26N2. The van der Waals surface area contributed by atoms with Gasteiger partial charge >= 0.3 is 0 Å². The van der Waals surface area contributed by atoms with Crippen molar-refractivity contribution in [2.75, 3.05) is 31.1 Å². The molecule has 0 bridgehead atoms. The third-order valence-electron chi connectivity index (χ3n) is 4.66. The average molecular weight is 258 g/mol. The largest absolute Gasteiger partial charge is 0.371 e. The minimum Gasteiger partial charge on any atom is -0.371 e. The molecule has 0 amide bonds. The first-order chi connectivity index (χ1) is 9.34. The van der Waals surface area contributed by atoms with Gasteiger partial charge < -0.3 is 10.2 Å². The molecule has 2 aliphatic heterocycles. The van der Waals surface area contributed by atoms with Crippen LogP contribution < -0.4 is 10.2 Å². The maximum atomic E-state index is 3.48. The number of hydrogen-bond acceptors (Lipinski definition) is 2. The van der Waals surface area contributed by atoms with Crippen LogP contribution in [0.15, 0.2) is 18.2 Å². The molecule has 1 aromatic rings. The van der Waals surface area contributed by atoms with Crippen molar-refractivity contribution in [2.45, 2.75) is 44.9 Å². The first-order valence-electron chi connectivity index (χ1n) is 7.91. The highest BCUT2D eigenvalue weighted by Crippen LogP contribution is 2.35. The van der Waals surface area contributed by atoms with Crippen molar-refractivity contribution >= 4 is 5.69 Å². The number of benzene rings is 1. The second kappa shape index (κ2) is 5.96. The Bertz CT molecular complexity index is 415. The number of nitrogens with one attached hydrogen (secondary N) is 1. The zero-order chi connectivity index (χ0) is 13.1. The predicted molar refractivity (Wildman–Crippen MR) is 82.1 cm³/mol. The van der Waals surface area contributed by atoms with E-state index < -0.39 is 0 Å². The Hall–Kier alpha value is -1.02. The summed E-state index contributed by atoms with van der Waals surface area (Å²) in [6.07, 6.45) is 6.72. The van der Waals surface area contributed by atoms with Gasteiger partial charge in [-0.05, 0) is 69.7 Å². The van der Waals surface area contributed by atoms with E-state index in [1.54, 1.807) is 5.56 Å². The van der Waals surface area contributed by atoms with Gasteiger partial charge in [0.15, 0.2) is 0 Å². The van der Waals surface area contributed by atoms with Gasteiger partial charge in [0.05, 0.1) is 0 Å². The Morgan fingerprint density at radius 2 is 1.79 bits per heavy atom. The molecule has 2 heteroatoms. The highest BCUT2D eigenvalue weighted by atomic mass is 15.1. The Balaban J connectivity index is 1.88. The maximum Gasteiger partial charge on any atom is 0.0401 e. The lowest BCUT2D eigenvalue weighted by Crippen LogP contribution is -2.32. The van der Waals surface area contributed by atoms with Gasteiger partial charge in [-0.1, -0.05) is 17.7 Å². The second-order valence-corrected chi connectivity index (χ2v) is 6.13. The van der Waals surface area contributed by atoms with Gasteiger partial charge in [0.1, 0.15) is 0 Å². The number of rotatable bonds is 2. The van der Waals surface area contributed by atoms with Gasteiger partial charge in [-0.15, -0.1) is 0 Å². The maximum absolute atomic E-state index is 3.48. The van der Waals surface area contributed by atoms with Crippen molar-refractivity contribution in [2.24, 2.45) is 0 Å². The first kappa shape index (κ1) is 13.0. The van der Waals surface area contributed by atoms with Gasteiger partial charge in [-0.25, -0.2) is 0 Å². The van der Waals surface area contributed by atoms with Gasteiger partial charge in [0.2, 0.25) is 0 Å². The van der Waals surface area contributed by atoms with E-state index >= 15 is 0 Å². The zero-order valence-corrected chi connectivity index (χ0v) is 12.1. The van der Waals surface area contributed by atoms with E-state index in [4.69, 9.17) is 0 Å². The van der Waals surface area contributed by atoms with E-state index in [-0.39, 0.29) is 0 Å². The summed E-state index contributed by atoms with van der Waals surface area (Å²) in [6.45, 7) is 7.09. The fourth-order valence-corrected chi connectivity index (χ4v) is 3.56. The molecule has 0 spiro atoms. The second-order valence-electron chi connectivity index (χ2n) is 6.13. The molecule has 2 fully saturated rings. The predicted octanol–water partition coefficient (Wildman–Crippen LogP) is 3.45. The SMILES string of the molecule is Cc1ccc(N2CCCCC2)c(C2CCNCC2)c1. The number of aryl methyl sites for hydroxylation is 1. The first-order valence-corrected chi connectivity index (χ1v) is 7.91. The van der Waals surface area contributed by atoms with E-state index in [9.17, 15) is 0 Å². The molecule has 104 valence electrons. The van der Waals surface area contributed by atoms with Crippen LogP contribution in [0.25, 0.3) is 0 Å². The lowest BCUT2D eigenvalue weighted by Gasteiger charge is -2.34. The van der Waals surface area contributed by atoms with Crippen LogP contribution in [0.2, 0.25) is 0 Å². The Labute approximate surface area is 117 Å². The smallest absolute Gasteiger partial charge is 0.0401 e.